The molecule has 1 aromatic rings. The molecule has 2 nitrogen and oxygen atoms in total. The predicted octanol–water partition coefficient (Wildman–Crippen LogP) is 1.68. The number of benzene rings is 1. The second-order valence-electron chi connectivity index (χ2n) is 3.84. The van der Waals surface area contributed by atoms with E-state index in [1.807, 2.05) is 0 Å². The fourth-order valence-corrected chi connectivity index (χ4v) is 1.91. The first kappa shape index (κ1) is 9.46. The van der Waals surface area contributed by atoms with Crippen molar-refractivity contribution < 1.29 is 9.50 Å². The van der Waals surface area contributed by atoms with E-state index in [0.29, 0.717) is 5.92 Å². The van der Waals surface area contributed by atoms with Gasteiger partial charge >= 0.3 is 0 Å². The van der Waals surface area contributed by atoms with Gasteiger partial charge in [0.2, 0.25) is 0 Å². The van der Waals surface area contributed by atoms with Crippen LogP contribution in [0.2, 0.25) is 0 Å². The van der Waals surface area contributed by atoms with Crippen molar-refractivity contribution in [2.24, 2.45) is 5.92 Å². The third kappa shape index (κ3) is 2.04. The van der Waals surface area contributed by atoms with Crippen LogP contribution in [0.25, 0.3) is 0 Å². The largest absolute Gasteiger partial charge is 0.508 e. The van der Waals surface area contributed by atoms with E-state index in [1.165, 1.54) is 12.1 Å². The first-order valence-corrected chi connectivity index (χ1v) is 4.94. The zero-order valence-corrected chi connectivity index (χ0v) is 7.96. The quantitative estimate of drug-likeness (QED) is 0.752. The van der Waals surface area contributed by atoms with Crippen molar-refractivity contribution in [3.05, 3.63) is 29.6 Å². The van der Waals surface area contributed by atoms with Gasteiger partial charge in [-0.2, -0.15) is 0 Å². The van der Waals surface area contributed by atoms with Crippen molar-refractivity contribution in [2.45, 2.75) is 12.8 Å². The van der Waals surface area contributed by atoms with Gasteiger partial charge < -0.3 is 10.4 Å². The third-order valence-corrected chi connectivity index (χ3v) is 2.72. The molecule has 1 heterocycles. The number of nitrogens with one attached hydrogen (secondary N) is 1. The van der Waals surface area contributed by atoms with Crippen LogP contribution in [0.4, 0.5) is 4.39 Å². The molecular weight excluding hydrogens is 181 g/mol. The summed E-state index contributed by atoms with van der Waals surface area (Å²) >= 11 is 0. The Kier molecular flexibility index (Phi) is 2.68. The number of rotatable bonds is 2. The lowest BCUT2D eigenvalue weighted by atomic mass is 9.98. The molecule has 1 saturated heterocycles. The fourth-order valence-electron chi connectivity index (χ4n) is 1.91. The Morgan fingerprint density at radius 3 is 3.00 bits per heavy atom. The Bertz CT molecular complexity index is 321. The summed E-state index contributed by atoms with van der Waals surface area (Å²) < 4.78 is 12.7. The lowest BCUT2D eigenvalue weighted by Crippen LogP contribution is -2.10. The van der Waals surface area contributed by atoms with E-state index in [4.69, 9.17) is 0 Å². The number of hydrogen-bond acceptors (Lipinski definition) is 2. The van der Waals surface area contributed by atoms with Crippen LogP contribution in [-0.4, -0.2) is 18.2 Å². The van der Waals surface area contributed by atoms with Crippen LogP contribution >= 0.6 is 0 Å². The van der Waals surface area contributed by atoms with Gasteiger partial charge in [-0.05, 0) is 43.5 Å². The van der Waals surface area contributed by atoms with Crippen LogP contribution in [0, 0.1) is 11.7 Å². The number of hydrogen-bond donors (Lipinski definition) is 2. The Hall–Kier alpha value is -1.09. The van der Waals surface area contributed by atoms with E-state index in [0.717, 1.165) is 31.5 Å². The summed E-state index contributed by atoms with van der Waals surface area (Å²) in [5.74, 6) is 0.277. The van der Waals surface area contributed by atoms with Crippen LogP contribution in [0.5, 0.6) is 5.75 Å². The van der Waals surface area contributed by atoms with Crippen molar-refractivity contribution in [3.63, 3.8) is 0 Å². The molecule has 1 fully saturated rings. The minimum atomic E-state index is -0.379. The molecule has 0 bridgehead atoms. The maximum atomic E-state index is 12.7. The summed E-state index contributed by atoms with van der Waals surface area (Å²) in [5.41, 5.74) is 0.847. The SMILES string of the molecule is Oc1cc(F)ccc1CC1CCNC1. The molecule has 1 aliphatic rings. The summed E-state index contributed by atoms with van der Waals surface area (Å²) in [6.07, 6.45) is 1.97. The highest BCUT2D eigenvalue weighted by Crippen LogP contribution is 2.23. The van der Waals surface area contributed by atoms with Crippen LogP contribution in [0.1, 0.15) is 12.0 Å². The molecule has 1 aliphatic heterocycles. The second kappa shape index (κ2) is 3.96. The van der Waals surface area contributed by atoms with Gasteiger partial charge in [0, 0.05) is 6.07 Å². The highest BCUT2D eigenvalue weighted by atomic mass is 19.1. The Labute approximate surface area is 82.8 Å². The van der Waals surface area contributed by atoms with Crippen LogP contribution in [-0.2, 0) is 6.42 Å². The van der Waals surface area contributed by atoms with Crippen LogP contribution in [0.3, 0.4) is 0 Å². The first-order chi connectivity index (χ1) is 6.75. The van der Waals surface area contributed by atoms with E-state index >= 15 is 0 Å². The third-order valence-electron chi connectivity index (χ3n) is 2.72. The molecule has 0 aliphatic carbocycles. The first-order valence-electron chi connectivity index (χ1n) is 4.94. The van der Waals surface area contributed by atoms with Crippen molar-refractivity contribution in [3.8, 4) is 5.75 Å². The Morgan fingerprint density at radius 2 is 2.36 bits per heavy atom. The van der Waals surface area contributed by atoms with Crippen molar-refractivity contribution in [1.82, 2.24) is 5.32 Å². The zero-order valence-electron chi connectivity index (χ0n) is 7.96. The molecular formula is C11H14FNO. The van der Waals surface area contributed by atoms with Gasteiger partial charge in [0.25, 0.3) is 0 Å². The highest BCUT2D eigenvalue weighted by Gasteiger charge is 2.16. The predicted molar refractivity (Wildman–Crippen MR) is 52.7 cm³/mol. The molecule has 1 atom stereocenters. The minimum absolute atomic E-state index is 0.0805. The normalized spacial score (nSPS) is 21.4. The monoisotopic (exact) mass is 195 g/mol. The smallest absolute Gasteiger partial charge is 0.126 e. The topological polar surface area (TPSA) is 32.3 Å². The summed E-state index contributed by atoms with van der Waals surface area (Å²) in [6, 6.07) is 4.25. The lowest BCUT2D eigenvalue weighted by Gasteiger charge is -2.09. The summed E-state index contributed by atoms with van der Waals surface area (Å²) in [7, 11) is 0. The standard InChI is InChI=1S/C11H14FNO/c12-10-2-1-9(11(14)6-10)5-8-3-4-13-7-8/h1-2,6,8,13-14H,3-5,7H2. The summed E-state index contributed by atoms with van der Waals surface area (Å²) in [4.78, 5) is 0. The summed E-state index contributed by atoms with van der Waals surface area (Å²) in [6.45, 7) is 2.05. The maximum absolute atomic E-state index is 12.7. The molecule has 3 heteroatoms. The van der Waals surface area contributed by atoms with Gasteiger partial charge in [0.15, 0.2) is 0 Å². The summed E-state index contributed by atoms with van der Waals surface area (Å²) in [5, 5.41) is 12.8. The molecule has 0 amide bonds. The van der Waals surface area contributed by atoms with Crippen LogP contribution in [0.15, 0.2) is 18.2 Å². The highest BCUT2D eigenvalue weighted by molar-refractivity contribution is 5.33. The van der Waals surface area contributed by atoms with E-state index in [2.05, 4.69) is 5.32 Å². The number of phenolic OH excluding ortho intramolecular Hbond substituents is 1. The average molecular weight is 195 g/mol. The van der Waals surface area contributed by atoms with Gasteiger partial charge in [0.1, 0.15) is 11.6 Å². The van der Waals surface area contributed by atoms with Crippen molar-refractivity contribution in [1.29, 1.82) is 0 Å². The molecule has 1 unspecified atom stereocenters. The second-order valence-corrected chi connectivity index (χ2v) is 3.84. The molecule has 0 spiro atoms. The van der Waals surface area contributed by atoms with E-state index in [9.17, 15) is 9.50 Å². The zero-order chi connectivity index (χ0) is 9.97. The number of aromatic hydroxyl groups is 1. The molecule has 2 rings (SSSR count). The molecule has 1 aromatic carbocycles. The van der Waals surface area contributed by atoms with Crippen molar-refractivity contribution in [2.75, 3.05) is 13.1 Å². The van der Waals surface area contributed by atoms with Gasteiger partial charge in [-0.15, -0.1) is 0 Å². The molecule has 0 radical (unpaired) electrons. The molecule has 0 saturated carbocycles. The minimum Gasteiger partial charge on any atom is -0.508 e. The molecule has 76 valence electrons. The van der Waals surface area contributed by atoms with E-state index in [1.54, 1.807) is 6.07 Å². The van der Waals surface area contributed by atoms with E-state index in [-0.39, 0.29) is 11.6 Å². The maximum Gasteiger partial charge on any atom is 0.126 e. The van der Waals surface area contributed by atoms with Gasteiger partial charge in [-0.3, -0.25) is 0 Å². The van der Waals surface area contributed by atoms with Crippen molar-refractivity contribution >= 4 is 0 Å². The average Bonchev–Trinajstić information content (AvgIpc) is 2.62. The number of phenols is 1. The Morgan fingerprint density at radius 1 is 1.50 bits per heavy atom. The van der Waals surface area contributed by atoms with E-state index < -0.39 is 0 Å². The fraction of sp³-hybridized carbons (Fsp3) is 0.455. The van der Waals surface area contributed by atoms with Gasteiger partial charge in [-0.1, -0.05) is 6.07 Å². The van der Waals surface area contributed by atoms with Crippen LogP contribution < -0.4 is 5.32 Å². The molecule has 2 N–H and O–H groups in total. The Balaban J connectivity index is 2.08. The lowest BCUT2D eigenvalue weighted by molar-refractivity contribution is 0.453. The van der Waals surface area contributed by atoms with Gasteiger partial charge in [0.05, 0.1) is 0 Å². The molecule has 0 aromatic heterocycles. The van der Waals surface area contributed by atoms with Gasteiger partial charge in [-0.25, -0.2) is 4.39 Å². The molecule has 14 heavy (non-hydrogen) atoms. The number of halogens is 1.